The Bertz CT molecular complexity index is 1730. The lowest BCUT2D eigenvalue weighted by Gasteiger charge is -2.01. The fraction of sp³-hybridized carbons (Fsp3) is 0. The van der Waals surface area contributed by atoms with Crippen molar-refractivity contribution in [2.45, 2.75) is 0 Å². The van der Waals surface area contributed by atoms with Crippen molar-refractivity contribution in [2.24, 2.45) is 0 Å². The summed E-state index contributed by atoms with van der Waals surface area (Å²) in [5.41, 5.74) is -1.04. The van der Waals surface area contributed by atoms with Crippen LogP contribution in [0.5, 0.6) is 0 Å². The third kappa shape index (κ3) is 5.24. The molecule has 0 amide bonds. The molecular weight excluding hydrogens is 564 g/mol. The molecule has 0 aliphatic heterocycles. The van der Waals surface area contributed by atoms with Crippen LogP contribution in [0.15, 0.2) is 72.8 Å². The smallest absolute Gasteiger partial charge is 0.299 e. The minimum atomic E-state index is -0.730. The van der Waals surface area contributed by atoms with Crippen LogP contribution >= 0.6 is 22.7 Å². The normalized spacial score (nSPS) is 10.8. The molecule has 0 radical (unpaired) electrons. The molecular formula is C24H14N6O8S2. The zero-order valence-corrected chi connectivity index (χ0v) is 21.4. The highest BCUT2D eigenvalue weighted by Gasteiger charge is 2.22. The second-order valence-corrected chi connectivity index (χ2v) is 10.4. The number of aromatic amines is 2. The van der Waals surface area contributed by atoms with Gasteiger partial charge in [-0.25, -0.2) is 0 Å². The largest absolute Gasteiger partial charge is 0.350 e. The molecule has 0 fully saturated rings. The third-order valence-electron chi connectivity index (χ3n) is 5.66. The van der Waals surface area contributed by atoms with Gasteiger partial charge in [-0.1, -0.05) is 0 Å². The quantitative estimate of drug-likeness (QED) is 0.161. The van der Waals surface area contributed by atoms with E-state index in [2.05, 4.69) is 9.97 Å². The number of hydrogen-bond acceptors (Lipinski definition) is 10. The molecule has 8 bridgehead atoms. The van der Waals surface area contributed by atoms with Gasteiger partial charge < -0.3 is 9.97 Å². The molecule has 16 heteroatoms. The summed E-state index contributed by atoms with van der Waals surface area (Å²) in [6.07, 6.45) is 0. The van der Waals surface area contributed by atoms with Crippen LogP contribution in [0.25, 0.3) is 40.9 Å². The van der Waals surface area contributed by atoms with E-state index < -0.39 is 42.4 Å². The van der Waals surface area contributed by atoms with Crippen molar-refractivity contribution in [3.63, 3.8) is 0 Å². The molecule has 0 aliphatic carbocycles. The molecule has 0 spiro atoms. The second-order valence-electron chi connectivity index (χ2n) is 8.21. The lowest BCUT2D eigenvalue weighted by atomic mass is 10.2. The van der Waals surface area contributed by atoms with Gasteiger partial charge in [-0.3, -0.25) is 40.5 Å². The van der Waals surface area contributed by atoms with Crippen molar-refractivity contribution < 1.29 is 19.7 Å². The Morgan fingerprint density at radius 2 is 0.825 bits per heavy atom. The molecule has 0 saturated carbocycles. The summed E-state index contributed by atoms with van der Waals surface area (Å²) in [7, 11) is 0. The van der Waals surface area contributed by atoms with Gasteiger partial charge in [0.2, 0.25) is 0 Å². The van der Waals surface area contributed by atoms with Gasteiger partial charge in [-0.05, 0) is 60.7 Å². The van der Waals surface area contributed by atoms with Crippen LogP contribution < -0.4 is 0 Å². The van der Waals surface area contributed by atoms with E-state index in [1.807, 2.05) is 0 Å². The lowest BCUT2D eigenvalue weighted by Crippen LogP contribution is -1.96. The molecule has 200 valence electrons. The number of benzene rings is 4. The van der Waals surface area contributed by atoms with Gasteiger partial charge in [0.15, 0.2) is 0 Å². The Balaban J connectivity index is 1.97. The van der Waals surface area contributed by atoms with Gasteiger partial charge >= 0.3 is 0 Å². The first-order chi connectivity index (χ1) is 19.1. The number of H-pyrrole nitrogens is 2. The Kier molecular flexibility index (Phi) is 6.76. The number of nitro groups is 4. The van der Waals surface area contributed by atoms with E-state index in [0.29, 0.717) is 20.4 Å². The molecule has 14 nitrogen and oxygen atoms in total. The summed E-state index contributed by atoms with van der Waals surface area (Å²) in [5, 5.41) is 47.0. The molecule has 4 aromatic carbocycles. The molecule has 8 rings (SSSR count). The van der Waals surface area contributed by atoms with Crippen LogP contribution in [0.2, 0.25) is 0 Å². The number of rotatable bonds is 4. The fourth-order valence-electron chi connectivity index (χ4n) is 3.84. The van der Waals surface area contributed by atoms with E-state index >= 15 is 0 Å². The first-order valence-electron chi connectivity index (χ1n) is 11.1. The highest BCUT2D eigenvalue weighted by Crippen LogP contribution is 2.36. The maximum atomic E-state index is 11.8. The maximum absolute atomic E-state index is 11.8. The fourth-order valence-corrected chi connectivity index (χ4v) is 5.80. The van der Waals surface area contributed by atoms with E-state index in [-0.39, 0.29) is 20.4 Å². The molecule has 2 N–H and O–H groups in total. The van der Waals surface area contributed by atoms with Crippen molar-refractivity contribution in [1.82, 2.24) is 9.97 Å². The SMILES string of the molecule is O=[N+]([O-])c1cc([N+](=O)[O-])c2cc1[nH]c1ccc(cc1)sc1cc(sc3ccc(cc3)[nH]2)c([N+](=O)[O-])cc1[N+](=O)[O-]. The Morgan fingerprint density at radius 3 is 1.18 bits per heavy atom. The van der Waals surface area contributed by atoms with Crippen LogP contribution in [-0.4, -0.2) is 29.7 Å². The van der Waals surface area contributed by atoms with Crippen molar-refractivity contribution >= 4 is 86.3 Å². The average molecular weight is 579 g/mol. The summed E-state index contributed by atoms with van der Waals surface area (Å²) >= 11 is 2.06. The molecule has 0 atom stereocenters. The number of aromatic nitrogens is 2. The average Bonchev–Trinajstić information content (AvgIpc) is 2.90. The minimum absolute atomic E-state index is 0.00226. The summed E-state index contributed by atoms with van der Waals surface area (Å²) in [6, 6.07) is 17.2. The van der Waals surface area contributed by atoms with Crippen LogP contribution in [0, 0.1) is 40.5 Å². The van der Waals surface area contributed by atoms with Crippen LogP contribution in [0.3, 0.4) is 0 Å². The third-order valence-corrected chi connectivity index (χ3v) is 7.77. The van der Waals surface area contributed by atoms with Gasteiger partial charge in [-0.2, -0.15) is 0 Å². The zero-order chi connectivity index (χ0) is 28.6. The molecule has 8 aromatic rings. The Hall–Kier alpha value is -5.48. The van der Waals surface area contributed by atoms with Crippen molar-refractivity contribution in [3.8, 4) is 0 Å². The zero-order valence-electron chi connectivity index (χ0n) is 19.8. The number of hydrogen-bond donors (Lipinski definition) is 2. The first-order valence-corrected chi connectivity index (χ1v) is 12.8. The van der Waals surface area contributed by atoms with E-state index in [9.17, 15) is 40.5 Å². The van der Waals surface area contributed by atoms with Gasteiger partial charge in [0, 0.05) is 20.4 Å². The van der Waals surface area contributed by atoms with E-state index in [0.717, 1.165) is 34.8 Å². The van der Waals surface area contributed by atoms with E-state index in [1.54, 1.807) is 48.5 Å². The van der Waals surface area contributed by atoms with Gasteiger partial charge in [0.1, 0.15) is 20.4 Å². The predicted molar refractivity (Wildman–Crippen MR) is 152 cm³/mol. The lowest BCUT2D eigenvalue weighted by molar-refractivity contribution is -0.392. The molecule has 40 heavy (non-hydrogen) atoms. The van der Waals surface area contributed by atoms with Gasteiger partial charge in [0.25, 0.3) is 22.7 Å². The monoisotopic (exact) mass is 578 g/mol. The summed E-state index contributed by atoms with van der Waals surface area (Å²) < 4.78 is 1.50. The van der Waals surface area contributed by atoms with Crippen LogP contribution in [0.4, 0.5) is 22.7 Å². The molecule has 0 saturated heterocycles. The van der Waals surface area contributed by atoms with Gasteiger partial charge in [-0.15, -0.1) is 22.7 Å². The summed E-state index contributed by atoms with van der Waals surface area (Å²) in [4.78, 5) is 50.0. The number of nitro benzene ring substituents is 4. The van der Waals surface area contributed by atoms with Crippen LogP contribution in [0.1, 0.15) is 0 Å². The Labute approximate surface area is 229 Å². The topological polar surface area (TPSA) is 204 Å². The second kappa shape index (κ2) is 10.4. The predicted octanol–water partition coefficient (Wildman–Crippen LogP) is 7.52. The Morgan fingerprint density at radius 1 is 0.475 bits per heavy atom. The van der Waals surface area contributed by atoms with E-state index in [4.69, 9.17) is 0 Å². The number of nitrogens with zero attached hydrogens (tertiary/aromatic N) is 4. The molecule has 0 unspecified atom stereocenters. The van der Waals surface area contributed by atoms with Gasteiger partial charge in [0.05, 0.1) is 31.8 Å². The highest BCUT2D eigenvalue weighted by molar-refractivity contribution is 7.25. The maximum Gasteiger partial charge on any atom is 0.299 e. The standard InChI is InChI=1S/C24H14N6O8S2/c31-27(32)19-10-20(28(33)34)18-9-17(19)25-13-1-5-15(6-2-13)39-23-12-24(22(30(37)38)11-21(23)29(35)36)40-16-7-3-14(26-18)4-8-16/h1-12,25-26H. The summed E-state index contributed by atoms with van der Waals surface area (Å²) in [5.74, 6) is 0. The summed E-state index contributed by atoms with van der Waals surface area (Å²) in [6.45, 7) is 0. The molecule has 0 aliphatic rings. The minimum Gasteiger partial charge on any atom is -0.350 e. The number of nitrogens with one attached hydrogen (secondary N) is 2. The van der Waals surface area contributed by atoms with E-state index in [1.165, 1.54) is 12.1 Å². The van der Waals surface area contributed by atoms with Crippen LogP contribution in [-0.2, 0) is 0 Å². The van der Waals surface area contributed by atoms with Crippen molar-refractivity contribution in [2.75, 3.05) is 0 Å². The molecule has 4 heterocycles. The highest BCUT2D eigenvalue weighted by atomic mass is 32.1. The van der Waals surface area contributed by atoms with Crippen molar-refractivity contribution in [1.29, 1.82) is 0 Å². The molecule has 4 aromatic heterocycles. The number of non-ortho nitro benzene ring substituents is 4. The first kappa shape index (κ1) is 26.1. The van der Waals surface area contributed by atoms with Crippen molar-refractivity contribution in [3.05, 3.63) is 113 Å².